The van der Waals surface area contributed by atoms with E-state index in [-0.39, 0.29) is 5.66 Å². The molecule has 0 saturated heterocycles. The van der Waals surface area contributed by atoms with Gasteiger partial charge in [0.25, 0.3) is 0 Å². The van der Waals surface area contributed by atoms with E-state index in [1.54, 1.807) is 7.11 Å². The zero-order valence-electron chi connectivity index (χ0n) is 21.9. The molecule has 0 bridgehead atoms. The Labute approximate surface area is 203 Å². The number of rotatable bonds is 12. The topological polar surface area (TPSA) is 54.0 Å². The van der Waals surface area contributed by atoms with Crippen LogP contribution in [0.25, 0.3) is 0 Å². The van der Waals surface area contributed by atoms with Gasteiger partial charge in [0.1, 0.15) is 0 Å². The molecule has 3 fully saturated rings. The smallest absolute Gasteiger partial charge is 0.203 e. The molecular weight excluding hydrogens is 435 g/mol. The molecule has 1 atom stereocenters. The summed E-state index contributed by atoms with van der Waals surface area (Å²) in [6, 6.07) is 0. The van der Waals surface area contributed by atoms with Gasteiger partial charge in [-0.25, -0.2) is 0 Å². The van der Waals surface area contributed by atoms with Crippen LogP contribution in [0.3, 0.4) is 0 Å². The molecule has 0 spiro atoms. The van der Waals surface area contributed by atoms with Gasteiger partial charge in [0.2, 0.25) is 7.37 Å². The number of hydrogen-bond acceptors (Lipinski definition) is 5. The third-order valence-electron chi connectivity index (χ3n) is 9.12. The van der Waals surface area contributed by atoms with Crippen molar-refractivity contribution in [2.24, 2.45) is 17.3 Å². The minimum atomic E-state index is -2.49. The molecule has 0 aromatic carbocycles. The summed E-state index contributed by atoms with van der Waals surface area (Å²) in [4.78, 5) is 0. The Bertz CT molecular complexity index is 587. The molecule has 3 saturated carbocycles. The maximum Gasteiger partial charge on any atom is 0.203 e. The van der Waals surface area contributed by atoms with E-state index in [1.165, 1.54) is 57.8 Å². The molecule has 0 aromatic rings. The lowest BCUT2D eigenvalue weighted by Crippen LogP contribution is -2.39. The highest BCUT2D eigenvalue weighted by Crippen LogP contribution is 2.53. The van der Waals surface area contributed by atoms with Crippen LogP contribution < -0.4 is 0 Å². The molecule has 33 heavy (non-hydrogen) atoms. The standard InChI is InChI=1S/C27H51O5P/c1-27(2,22-10-14-24(15-11-22)30-19-18-29-3)23-12-16-25(17-13-23)31-20-21-32-33(4,28)26-8-6-5-7-9-26/h22-26H,5-21H2,1-4H3. The van der Waals surface area contributed by atoms with Gasteiger partial charge in [0.15, 0.2) is 0 Å². The van der Waals surface area contributed by atoms with E-state index in [2.05, 4.69) is 13.8 Å². The largest absolute Gasteiger partial charge is 0.382 e. The third-order valence-corrected chi connectivity index (χ3v) is 11.7. The first-order valence-electron chi connectivity index (χ1n) is 13.8. The van der Waals surface area contributed by atoms with Crippen LogP contribution in [0.4, 0.5) is 0 Å². The average molecular weight is 487 g/mol. The molecule has 3 rings (SSSR count). The van der Waals surface area contributed by atoms with E-state index in [0.29, 0.717) is 37.4 Å². The van der Waals surface area contributed by atoms with Gasteiger partial charge in [-0.1, -0.05) is 33.1 Å². The molecule has 3 aliphatic rings. The van der Waals surface area contributed by atoms with Crippen LogP contribution in [0, 0.1) is 17.3 Å². The lowest BCUT2D eigenvalue weighted by molar-refractivity contribution is -0.0443. The first-order chi connectivity index (χ1) is 15.8. The lowest BCUT2D eigenvalue weighted by atomic mass is 9.60. The third kappa shape index (κ3) is 8.31. The number of hydrogen-bond donors (Lipinski definition) is 0. The van der Waals surface area contributed by atoms with E-state index >= 15 is 0 Å². The summed E-state index contributed by atoms with van der Waals surface area (Å²) in [6.45, 7) is 9.33. The van der Waals surface area contributed by atoms with Gasteiger partial charge < -0.3 is 18.7 Å². The highest BCUT2D eigenvalue weighted by atomic mass is 31.2. The minimum absolute atomic E-state index is 0.274. The highest BCUT2D eigenvalue weighted by Gasteiger charge is 2.40. The monoisotopic (exact) mass is 486 g/mol. The van der Waals surface area contributed by atoms with Gasteiger partial charge in [-0.15, -0.1) is 0 Å². The van der Waals surface area contributed by atoms with Crippen molar-refractivity contribution in [3.05, 3.63) is 0 Å². The fourth-order valence-electron chi connectivity index (χ4n) is 6.67. The summed E-state index contributed by atoms with van der Waals surface area (Å²) < 4.78 is 36.0. The van der Waals surface area contributed by atoms with Crippen molar-refractivity contribution < 1.29 is 23.3 Å². The van der Waals surface area contributed by atoms with Crippen LogP contribution in [0.2, 0.25) is 0 Å². The van der Waals surface area contributed by atoms with Crippen LogP contribution >= 0.6 is 7.37 Å². The zero-order chi connectivity index (χ0) is 23.7. The second-order valence-corrected chi connectivity index (χ2v) is 14.3. The van der Waals surface area contributed by atoms with Gasteiger partial charge in [-0.3, -0.25) is 4.57 Å². The number of ether oxygens (including phenoxy) is 3. The van der Waals surface area contributed by atoms with Crippen molar-refractivity contribution in [3.8, 4) is 0 Å². The summed E-state index contributed by atoms with van der Waals surface area (Å²) in [5.74, 6) is 1.58. The SMILES string of the molecule is COCCOC1CCC(C(C)(C)C2CCC(OCCOP(C)(=O)C3CCCCC3)CC2)CC1. The van der Waals surface area contributed by atoms with Crippen molar-refractivity contribution in [2.45, 2.75) is 115 Å². The Balaban J connectivity index is 1.31. The Morgan fingerprint density at radius 2 is 1.18 bits per heavy atom. The van der Waals surface area contributed by atoms with Crippen molar-refractivity contribution in [2.75, 3.05) is 40.2 Å². The molecule has 194 valence electrons. The van der Waals surface area contributed by atoms with Crippen molar-refractivity contribution in [1.29, 1.82) is 0 Å². The van der Waals surface area contributed by atoms with E-state index in [0.717, 1.165) is 44.1 Å². The van der Waals surface area contributed by atoms with Crippen molar-refractivity contribution >= 4 is 7.37 Å². The molecule has 6 heteroatoms. The predicted octanol–water partition coefficient (Wildman–Crippen LogP) is 7.07. The maximum absolute atomic E-state index is 12.9. The lowest BCUT2D eigenvalue weighted by Gasteiger charge is -2.46. The first kappa shape index (κ1) is 27.7. The fourth-order valence-corrected chi connectivity index (χ4v) is 8.62. The van der Waals surface area contributed by atoms with Crippen LogP contribution in [0.15, 0.2) is 0 Å². The molecule has 1 unspecified atom stereocenters. The van der Waals surface area contributed by atoms with Crippen LogP contribution in [-0.4, -0.2) is 58.1 Å². The summed E-state index contributed by atoms with van der Waals surface area (Å²) >= 11 is 0. The second-order valence-electron chi connectivity index (χ2n) is 11.5. The quantitative estimate of drug-likeness (QED) is 0.218. The number of methoxy groups -OCH3 is 1. The van der Waals surface area contributed by atoms with Gasteiger partial charge in [-0.05, 0) is 81.5 Å². The van der Waals surface area contributed by atoms with Gasteiger partial charge >= 0.3 is 0 Å². The molecule has 0 aliphatic heterocycles. The maximum atomic E-state index is 12.9. The van der Waals surface area contributed by atoms with Gasteiger partial charge in [-0.2, -0.15) is 0 Å². The Hall–Kier alpha value is 0.0700. The van der Waals surface area contributed by atoms with Gasteiger partial charge in [0.05, 0.1) is 38.6 Å². The molecule has 0 N–H and O–H groups in total. The average Bonchev–Trinajstić information content (AvgIpc) is 2.83. The molecule has 0 amide bonds. The second kappa shape index (κ2) is 13.4. The van der Waals surface area contributed by atoms with Gasteiger partial charge in [0, 0.05) is 19.4 Å². The van der Waals surface area contributed by atoms with E-state index in [9.17, 15) is 4.57 Å². The van der Waals surface area contributed by atoms with Crippen LogP contribution in [0.5, 0.6) is 0 Å². The Morgan fingerprint density at radius 1 is 0.697 bits per heavy atom. The minimum Gasteiger partial charge on any atom is -0.382 e. The van der Waals surface area contributed by atoms with E-state index in [1.807, 2.05) is 6.66 Å². The molecule has 0 heterocycles. The highest BCUT2D eigenvalue weighted by molar-refractivity contribution is 7.58. The van der Waals surface area contributed by atoms with Crippen molar-refractivity contribution in [3.63, 3.8) is 0 Å². The predicted molar refractivity (Wildman–Crippen MR) is 135 cm³/mol. The molecule has 0 radical (unpaired) electrons. The summed E-state index contributed by atoms with van der Waals surface area (Å²) in [7, 11) is -0.760. The molecule has 5 nitrogen and oxygen atoms in total. The summed E-state index contributed by atoms with van der Waals surface area (Å²) in [5.41, 5.74) is 0.663. The van der Waals surface area contributed by atoms with E-state index in [4.69, 9.17) is 18.7 Å². The van der Waals surface area contributed by atoms with E-state index < -0.39 is 7.37 Å². The zero-order valence-corrected chi connectivity index (χ0v) is 22.8. The molecule has 3 aliphatic carbocycles. The molecular formula is C27H51O5P. The van der Waals surface area contributed by atoms with Crippen molar-refractivity contribution in [1.82, 2.24) is 0 Å². The van der Waals surface area contributed by atoms with Crippen LogP contribution in [-0.2, 0) is 23.3 Å². The van der Waals surface area contributed by atoms with Crippen LogP contribution in [0.1, 0.15) is 97.3 Å². The summed E-state index contributed by atoms with van der Waals surface area (Å²) in [6.07, 6.45) is 16.4. The summed E-state index contributed by atoms with van der Waals surface area (Å²) in [5, 5.41) is 0. The normalized spacial score (nSPS) is 31.9. The first-order valence-corrected chi connectivity index (χ1v) is 15.9. The Morgan fingerprint density at radius 3 is 1.67 bits per heavy atom. The Kier molecular flexibility index (Phi) is 11.2. The fraction of sp³-hybridized carbons (Fsp3) is 1.00. The molecule has 0 aromatic heterocycles.